The molecule has 3 rings (SSSR count). The zero-order valence-electron chi connectivity index (χ0n) is 14.8. The first-order valence-electron chi connectivity index (χ1n) is 9.12. The number of nitrogens with zero attached hydrogens (tertiary/aromatic N) is 3. The van der Waals surface area contributed by atoms with Crippen LogP contribution in [-0.2, 0) is 6.42 Å². The van der Waals surface area contributed by atoms with Gasteiger partial charge in [0.05, 0.1) is 12.4 Å². The Labute approximate surface area is 153 Å². The van der Waals surface area contributed by atoms with Gasteiger partial charge in [-0.05, 0) is 24.8 Å². The fourth-order valence-corrected chi connectivity index (χ4v) is 3.45. The van der Waals surface area contributed by atoms with Gasteiger partial charge < -0.3 is 10.6 Å². The van der Waals surface area contributed by atoms with E-state index in [1.54, 1.807) is 0 Å². The Morgan fingerprint density at radius 3 is 2.27 bits per heavy atom. The normalized spacial score (nSPS) is 14.8. The molecule has 136 valence electrons. The molecule has 0 spiro atoms. The Kier molecular flexibility index (Phi) is 5.94. The molecule has 0 aliphatic heterocycles. The largest absolute Gasteiger partial charge is 0.364 e. The summed E-state index contributed by atoms with van der Waals surface area (Å²) in [4.78, 5) is 34.2. The van der Waals surface area contributed by atoms with Crippen LogP contribution in [0.15, 0.2) is 42.7 Å². The van der Waals surface area contributed by atoms with Gasteiger partial charge in [-0.15, -0.1) is 0 Å². The van der Waals surface area contributed by atoms with Crippen molar-refractivity contribution in [2.45, 2.75) is 44.6 Å². The first kappa shape index (κ1) is 18.0. The monoisotopic (exact) mass is 352 g/mol. The molecule has 1 aromatic heterocycles. The van der Waals surface area contributed by atoms with Crippen LogP contribution in [0.25, 0.3) is 0 Å². The predicted molar refractivity (Wildman–Crippen MR) is 98.6 cm³/mol. The van der Waals surface area contributed by atoms with Crippen molar-refractivity contribution in [2.75, 3.05) is 6.54 Å². The summed E-state index contributed by atoms with van der Waals surface area (Å²) in [5.41, 5.74) is 6.72. The molecule has 1 aliphatic rings. The number of hydrogen-bond acceptors (Lipinski definition) is 4. The van der Waals surface area contributed by atoms with E-state index >= 15 is 0 Å². The number of benzene rings is 1. The average Bonchev–Trinajstić information content (AvgIpc) is 2.69. The van der Waals surface area contributed by atoms with Gasteiger partial charge >= 0.3 is 0 Å². The molecule has 0 bridgehead atoms. The number of nitrogens with two attached hydrogens (primary N) is 1. The minimum absolute atomic E-state index is 0.0649. The summed E-state index contributed by atoms with van der Waals surface area (Å²) in [6.45, 7) is 0.646. The smallest absolute Gasteiger partial charge is 0.274 e. The van der Waals surface area contributed by atoms with Gasteiger partial charge in [-0.1, -0.05) is 49.6 Å². The van der Waals surface area contributed by atoms with E-state index in [0.717, 1.165) is 32.1 Å². The Balaban J connectivity index is 1.76. The highest BCUT2D eigenvalue weighted by molar-refractivity contribution is 5.94. The lowest BCUT2D eigenvalue weighted by atomic mass is 9.93. The lowest BCUT2D eigenvalue weighted by Gasteiger charge is -2.34. The van der Waals surface area contributed by atoms with Crippen LogP contribution in [-0.4, -0.2) is 39.3 Å². The second kappa shape index (κ2) is 8.56. The van der Waals surface area contributed by atoms with E-state index in [4.69, 9.17) is 5.73 Å². The lowest BCUT2D eigenvalue weighted by Crippen LogP contribution is -2.43. The quantitative estimate of drug-likeness (QED) is 0.865. The Hall–Kier alpha value is -2.76. The van der Waals surface area contributed by atoms with Crippen LogP contribution in [0.3, 0.4) is 0 Å². The van der Waals surface area contributed by atoms with Crippen molar-refractivity contribution in [2.24, 2.45) is 5.73 Å². The van der Waals surface area contributed by atoms with E-state index in [0.29, 0.717) is 6.54 Å². The average molecular weight is 352 g/mol. The summed E-state index contributed by atoms with van der Waals surface area (Å²) in [7, 11) is 0. The number of aromatic nitrogens is 2. The molecule has 0 atom stereocenters. The van der Waals surface area contributed by atoms with E-state index in [-0.39, 0.29) is 23.3 Å². The highest BCUT2D eigenvalue weighted by atomic mass is 16.2. The van der Waals surface area contributed by atoms with Gasteiger partial charge in [0.15, 0.2) is 0 Å². The van der Waals surface area contributed by atoms with E-state index in [2.05, 4.69) is 22.1 Å². The molecule has 0 saturated heterocycles. The molecule has 26 heavy (non-hydrogen) atoms. The minimum atomic E-state index is -0.648. The van der Waals surface area contributed by atoms with Crippen LogP contribution in [0.2, 0.25) is 0 Å². The zero-order chi connectivity index (χ0) is 18.4. The first-order valence-corrected chi connectivity index (χ1v) is 9.12. The van der Waals surface area contributed by atoms with Crippen LogP contribution < -0.4 is 5.73 Å². The summed E-state index contributed by atoms with van der Waals surface area (Å²) in [5, 5.41) is 0. The summed E-state index contributed by atoms with van der Waals surface area (Å²) >= 11 is 0. The molecule has 2 N–H and O–H groups in total. The van der Waals surface area contributed by atoms with Gasteiger partial charge in [0, 0.05) is 12.6 Å². The number of carbonyl (C=O) groups is 2. The molecule has 1 saturated carbocycles. The molecule has 1 heterocycles. The Bertz CT molecular complexity index is 740. The van der Waals surface area contributed by atoms with E-state index in [9.17, 15) is 9.59 Å². The maximum atomic E-state index is 13.1. The zero-order valence-corrected chi connectivity index (χ0v) is 14.8. The van der Waals surface area contributed by atoms with Gasteiger partial charge in [0.25, 0.3) is 11.8 Å². The van der Waals surface area contributed by atoms with Gasteiger partial charge in [-0.3, -0.25) is 9.59 Å². The van der Waals surface area contributed by atoms with Crippen LogP contribution in [0.4, 0.5) is 0 Å². The van der Waals surface area contributed by atoms with Gasteiger partial charge in [-0.25, -0.2) is 9.97 Å². The maximum absolute atomic E-state index is 13.1. The fraction of sp³-hybridized carbons (Fsp3) is 0.400. The molecular formula is C20H24N4O2. The molecule has 0 radical (unpaired) electrons. The SMILES string of the molecule is NC(=O)c1cnc(C(=O)N(CCc2ccccc2)C2CCCCC2)cn1. The van der Waals surface area contributed by atoms with Crippen molar-refractivity contribution in [3.63, 3.8) is 0 Å². The molecule has 6 nitrogen and oxygen atoms in total. The molecule has 1 aromatic carbocycles. The van der Waals surface area contributed by atoms with Crippen LogP contribution >= 0.6 is 0 Å². The summed E-state index contributed by atoms with van der Waals surface area (Å²) in [6.07, 6.45) is 8.98. The van der Waals surface area contributed by atoms with Crippen molar-refractivity contribution in [1.29, 1.82) is 0 Å². The van der Waals surface area contributed by atoms with Gasteiger partial charge in [0.2, 0.25) is 0 Å². The van der Waals surface area contributed by atoms with Gasteiger partial charge in [-0.2, -0.15) is 0 Å². The summed E-state index contributed by atoms with van der Waals surface area (Å²) < 4.78 is 0. The van der Waals surface area contributed by atoms with Crippen molar-refractivity contribution in [3.8, 4) is 0 Å². The first-order chi connectivity index (χ1) is 12.6. The molecule has 2 amide bonds. The Morgan fingerprint density at radius 2 is 1.65 bits per heavy atom. The molecule has 0 unspecified atom stereocenters. The fourth-order valence-electron chi connectivity index (χ4n) is 3.45. The van der Waals surface area contributed by atoms with E-state index in [1.807, 2.05) is 23.1 Å². The standard InChI is InChI=1S/C20H24N4O2/c21-19(25)17-13-23-18(14-22-17)20(26)24(16-9-5-2-6-10-16)12-11-15-7-3-1-4-8-15/h1,3-4,7-8,13-14,16H,2,5-6,9-12H2,(H2,21,25). The third-order valence-corrected chi connectivity index (χ3v) is 4.88. The molecular weight excluding hydrogens is 328 g/mol. The third kappa shape index (κ3) is 4.45. The van der Waals surface area contributed by atoms with Crippen molar-refractivity contribution >= 4 is 11.8 Å². The lowest BCUT2D eigenvalue weighted by molar-refractivity contribution is 0.0629. The predicted octanol–water partition coefficient (Wildman–Crippen LogP) is 2.59. The Morgan fingerprint density at radius 1 is 1.00 bits per heavy atom. The number of hydrogen-bond donors (Lipinski definition) is 1. The number of primary amides is 1. The van der Waals surface area contributed by atoms with Crippen molar-refractivity contribution in [1.82, 2.24) is 14.9 Å². The highest BCUT2D eigenvalue weighted by Crippen LogP contribution is 2.24. The van der Waals surface area contributed by atoms with Crippen LogP contribution in [0.1, 0.15) is 58.6 Å². The second-order valence-electron chi connectivity index (χ2n) is 6.68. The summed E-state index contributed by atoms with van der Waals surface area (Å²) in [5.74, 6) is -0.777. The van der Waals surface area contributed by atoms with Crippen LogP contribution in [0, 0.1) is 0 Å². The topological polar surface area (TPSA) is 89.2 Å². The van der Waals surface area contributed by atoms with E-state index in [1.165, 1.54) is 24.4 Å². The number of amides is 2. The van der Waals surface area contributed by atoms with Crippen molar-refractivity contribution in [3.05, 3.63) is 59.7 Å². The van der Waals surface area contributed by atoms with Crippen LogP contribution in [0.5, 0.6) is 0 Å². The molecule has 1 aliphatic carbocycles. The molecule has 6 heteroatoms. The number of rotatable bonds is 6. The van der Waals surface area contributed by atoms with Gasteiger partial charge in [0.1, 0.15) is 11.4 Å². The highest BCUT2D eigenvalue weighted by Gasteiger charge is 2.27. The molecule has 1 fully saturated rings. The summed E-state index contributed by atoms with van der Waals surface area (Å²) in [6, 6.07) is 10.4. The molecule has 2 aromatic rings. The third-order valence-electron chi connectivity index (χ3n) is 4.88. The van der Waals surface area contributed by atoms with E-state index < -0.39 is 5.91 Å². The maximum Gasteiger partial charge on any atom is 0.274 e. The second-order valence-corrected chi connectivity index (χ2v) is 6.68. The minimum Gasteiger partial charge on any atom is -0.364 e. The number of carbonyl (C=O) groups excluding carboxylic acids is 2. The van der Waals surface area contributed by atoms with Crippen molar-refractivity contribution < 1.29 is 9.59 Å².